The molecule has 128 valence electrons. The van der Waals surface area contributed by atoms with E-state index >= 15 is 0 Å². The van der Waals surface area contributed by atoms with Crippen molar-refractivity contribution < 1.29 is 5.11 Å². The topological polar surface area (TPSA) is 88.6 Å². The van der Waals surface area contributed by atoms with Gasteiger partial charge in [-0.3, -0.25) is 0 Å². The highest BCUT2D eigenvalue weighted by Gasteiger charge is 2.15. The Bertz CT molecular complexity index is 1120. The lowest BCUT2D eigenvalue weighted by Crippen LogP contribution is -1.89. The van der Waals surface area contributed by atoms with Crippen LogP contribution >= 0.6 is 0 Å². The minimum absolute atomic E-state index is 0.0465. The van der Waals surface area contributed by atoms with E-state index in [1.54, 1.807) is 17.8 Å². The molecule has 7 nitrogen and oxygen atoms in total. The lowest BCUT2D eigenvalue weighted by Gasteiger charge is -1.99. The summed E-state index contributed by atoms with van der Waals surface area (Å²) in [4.78, 5) is 4.37. The second kappa shape index (κ2) is 6.36. The van der Waals surface area contributed by atoms with Gasteiger partial charge in [0.15, 0.2) is 5.69 Å². The van der Waals surface area contributed by atoms with Crippen molar-refractivity contribution in [3.63, 3.8) is 0 Å². The number of rotatable bonds is 3. The molecule has 0 radical (unpaired) electrons. The Morgan fingerprint density at radius 1 is 1.00 bits per heavy atom. The number of fused-ring (bicyclic) bond motifs is 1. The van der Waals surface area contributed by atoms with Crippen LogP contribution in [-0.2, 0) is 7.05 Å². The zero-order valence-corrected chi connectivity index (χ0v) is 14.3. The summed E-state index contributed by atoms with van der Waals surface area (Å²) in [6, 6.07) is 15.5. The predicted molar refractivity (Wildman–Crippen MR) is 98.8 cm³/mol. The fourth-order valence-electron chi connectivity index (χ4n) is 2.96. The summed E-state index contributed by atoms with van der Waals surface area (Å²) in [5.41, 5.74) is 3.93. The Kier molecular flexibility index (Phi) is 3.89. The average Bonchev–Trinajstić information content (AvgIpc) is 2.92. The monoisotopic (exact) mass is 344 g/mol. The van der Waals surface area contributed by atoms with Gasteiger partial charge in [-0.05, 0) is 12.5 Å². The number of azo groups is 1. The van der Waals surface area contributed by atoms with Crippen LogP contribution in [-0.4, -0.2) is 24.9 Å². The lowest BCUT2D eigenvalue weighted by atomic mass is 10.1. The van der Waals surface area contributed by atoms with E-state index in [0.29, 0.717) is 11.4 Å². The standard InChI is InChI=1S/C19H16N6O/c1-12-7-6-10-14-16(18(26)25(2)17(12)14)22-24-19-21-15(11-20-23-19)13-8-4-3-5-9-13/h3-11,26H,1-2H3. The van der Waals surface area contributed by atoms with Crippen LogP contribution in [0.15, 0.2) is 65.0 Å². The molecule has 0 atom stereocenters. The summed E-state index contributed by atoms with van der Waals surface area (Å²) in [6.07, 6.45) is 1.58. The smallest absolute Gasteiger partial charge is 0.288 e. The quantitative estimate of drug-likeness (QED) is 0.556. The molecule has 0 amide bonds. The van der Waals surface area contributed by atoms with Crippen LogP contribution in [0.5, 0.6) is 5.88 Å². The molecule has 2 heterocycles. The number of benzene rings is 2. The van der Waals surface area contributed by atoms with Crippen molar-refractivity contribution in [2.75, 3.05) is 0 Å². The van der Waals surface area contributed by atoms with Crippen molar-refractivity contribution >= 4 is 22.5 Å². The van der Waals surface area contributed by atoms with Gasteiger partial charge in [0.05, 0.1) is 17.4 Å². The van der Waals surface area contributed by atoms with Gasteiger partial charge >= 0.3 is 0 Å². The molecule has 0 saturated carbocycles. The van der Waals surface area contributed by atoms with E-state index in [-0.39, 0.29) is 11.8 Å². The number of aromatic nitrogens is 4. The van der Waals surface area contributed by atoms with E-state index in [9.17, 15) is 5.11 Å². The van der Waals surface area contributed by atoms with E-state index in [0.717, 1.165) is 22.0 Å². The van der Waals surface area contributed by atoms with Crippen LogP contribution < -0.4 is 0 Å². The minimum Gasteiger partial charge on any atom is -0.493 e. The molecule has 7 heteroatoms. The Balaban J connectivity index is 1.75. The molecule has 0 spiro atoms. The third kappa shape index (κ3) is 2.69. The van der Waals surface area contributed by atoms with E-state index in [1.165, 1.54) is 0 Å². The second-order valence-electron chi connectivity index (χ2n) is 5.91. The lowest BCUT2D eigenvalue weighted by molar-refractivity contribution is 0.436. The van der Waals surface area contributed by atoms with Crippen molar-refractivity contribution in [3.8, 4) is 17.1 Å². The van der Waals surface area contributed by atoms with Crippen LogP contribution in [0.3, 0.4) is 0 Å². The molecular formula is C19H16N6O. The third-order valence-electron chi connectivity index (χ3n) is 4.21. The van der Waals surface area contributed by atoms with E-state index in [1.807, 2.05) is 55.5 Å². The highest BCUT2D eigenvalue weighted by molar-refractivity contribution is 5.96. The third-order valence-corrected chi connectivity index (χ3v) is 4.21. The van der Waals surface area contributed by atoms with Gasteiger partial charge in [-0.1, -0.05) is 48.5 Å². The van der Waals surface area contributed by atoms with Crippen LogP contribution in [0, 0.1) is 6.92 Å². The molecule has 0 fully saturated rings. The molecule has 2 aromatic carbocycles. The summed E-state index contributed by atoms with van der Waals surface area (Å²) in [5, 5.41) is 27.4. The Labute approximate surface area is 149 Å². The second-order valence-corrected chi connectivity index (χ2v) is 5.91. The fraction of sp³-hybridized carbons (Fsp3) is 0.105. The molecule has 0 bridgehead atoms. The molecule has 0 saturated heterocycles. The Hall–Kier alpha value is -3.61. The van der Waals surface area contributed by atoms with Crippen molar-refractivity contribution in [2.45, 2.75) is 6.92 Å². The Morgan fingerprint density at radius 3 is 2.62 bits per heavy atom. The maximum absolute atomic E-state index is 10.4. The Morgan fingerprint density at radius 2 is 1.81 bits per heavy atom. The fourth-order valence-corrected chi connectivity index (χ4v) is 2.96. The van der Waals surface area contributed by atoms with Crippen LogP contribution in [0.25, 0.3) is 22.2 Å². The van der Waals surface area contributed by atoms with Gasteiger partial charge in [0.2, 0.25) is 5.88 Å². The van der Waals surface area contributed by atoms with Crippen LogP contribution in [0.4, 0.5) is 11.6 Å². The van der Waals surface area contributed by atoms with Gasteiger partial charge in [-0.25, -0.2) is 4.98 Å². The summed E-state index contributed by atoms with van der Waals surface area (Å²) < 4.78 is 1.69. The molecule has 0 unspecified atom stereocenters. The molecule has 0 aliphatic heterocycles. The van der Waals surface area contributed by atoms with Gasteiger partial charge in [0.1, 0.15) is 0 Å². The largest absolute Gasteiger partial charge is 0.493 e. The van der Waals surface area contributed by atoms with Crippen LogP contribution in [0.2, 0.25) is 0 Å². The van der Waals surface area contributed by atoms with Gasteiger partial charge in [0, 0.05) is 18.0 Å². The molecular weight excluding hydrogens is 328 g/mol. The van der Waals surface area contributed by atoms with E-state index in [4.69, 9.17) is 0 Å². The normalized spacial score (nSPS) is 11.5. The van der Waals surface area contributed by atoms with Gasteiger partial charge in [-0.15, -0.1) is 15.3 Å². The number of aromatic hydroxyl groups is 1. The van der Waals surface area contributed by atoms with Gasteiger partial charge in [-0.2, -0.15) is 5.10 Å². The molecule has 0 aliphatic rings. The summed E-state index contributed by atoms with van der Waals surface area (Å²) in [6.45, 7) is 1.99. The molecule has 4 aromatic rings. The highest BCUT2D eigenvalue weighted by Crippen LogP contribution is 2.39. The summed E-state index contributed by atoms with van der Waals surface area (Å²) in [5.74, 6) is 0.181. The summed E-state index contributed by atoms with van der Waals surface area (Å²) in [7, 11) is 1.79. The number of hydrogen-bond donors (Lipinski definition) is 1. The first-order valence-electron chi connectivity index (χ1n) is 8.09. The number of aryl methyl sites for hydroxylation is 2. The average molecular weight is 344 g/mol. The van der Waals surface area contributed by atoms with Crippen molar-refractivity contribution in [1.29, 1.82) is 0 Å². The van der Waals surface area contributed by atoms with Gasteiger partial charge in [0.25, 0.3) is 5.95 Å². The molecule has 26 heavy (non-hydrogen) atoms. The van der Waals surface area contributed by atoms with Crippen LogP contribution in [0.1, 0.15) is 5.56 Å². The number of hydrogen-bond acceptors (Lipinski definition) is 6. The summed E-state index contributed by atoms with van der Waals surface area (Å²) >= 11 is 0. The first-order valence-corrected chi connectivity index (χ1v) is 8.09. The van der Waals surface area contributed by atoms with Crippen molar-refractivity contribution in [1.82, 2.24) is 19.7 Å². The van der Waals surface area contributed by atoms with E-state index < -0.39 is 0 Å². The molecule has 1 N–H and O–H groups in total. The maximum atomic E-state index is 10.4. The molecule has 4 rings (SSSR count). The SMILES string of the molecule is Cc1cccc2c(N=Nc3nncc(-c4ccccc4)n3)c(O)n(C)c12. The predicted octanol–water partition coefficient (Wildman–Crippen LogP) is 4.46. The minimum atomic E-state index is 0.0465. The zero-order valence-electron chi connectivity index (χ0n) is 14.3. The molecule has 2 aromatic heterocycles. The first kappa shape index (κ1) is 15.9. The van der Waals surface area contributed by atoms with E-state index in [2.05, 4.69) is 25.4 Å². The maximum Gasteiger partial charge on any atom is 0.288 e. The zero-order chi connectivity index (χ0) is 18.1. The van der Waals surface area contributed by atoms with Crippen molar-refractivity contribution in [2.24, 2.45) is 17.3 Å². The van der Waals surface area contributed by atoms with Gasteiger partial charge < -0.3 is 9.67 Å². The van der Waals surface area contributed by atoms with Crippen molar-refractivity contribution in [3.05, 3.63) is 60.3 Å². The number of nitrogens with zero attached hydrogens (tertiary/aromatic N) is 6. The molecule has 0 aliphatic carbocycles. The first-order chi connectivity index (χ1) is 12.6. The number of para-hydroxylation sites is 1. The highest BCUT2D eigenvalue weighted by atomic mass is 16.3.